The maximum absolute atomic E-state index is 13.5. The molecule has 172 valence electrons. The third kappa shape index (κ3) is 5.88. The smallest absolute Gasteiger partial charge is 0.422 e. The number of halogens is 3. The number of nitrogens with zero attached hydrogens (tertiary/aromatic N) is 1. The second-order valence-corrected chi connectivity index (χ2v) is 8.08. The highest BCUT2D eigenvalue weighted by Crippen LogP contribution is 2.41. The van der Waals surface area contributed by atoms with E-state index in [2.05, 4.69) is 12.1 Å². The fourth-order valence-electron chi connectivity index (χ4n) is 3.91. The molecule has 0 aliphatic carbocycles. The minimum Gasteiger partial charge on any atom is -0.455 e. The first-order chi connectivity index (χ1) is 15.2. The Bertz CT molecular complexity index is 896. The molecule has 1 N–H and O–H groups in total. The van der Waals surface area contributed by atoms with E-state index in [-0.39, 0.29) is 0 Å². The highest BCUT2D eigenvalue weighted by Gasteiger charge is 2.56. The van der Waals surface area contributed by atoms with Crippen molar-refractivity contribution in [1.82, 2.24) is 4.90 Å². The molecular weight excluding hydrogens is 423 g/mol. The fraction of sp³-hybridized carbons (Fsp3) is 0.417. The third-order valence-electron chi connectivity index (χ3n) is 5.81. The minimum absolute atomic E-state index is 0.441. The summed E-state index contributed by atoms with van der Waals surface area (Å²) in [6.45, 7) is 0.361. The highest BCUT2D eigenvalue weighted by atomic mass is 19.4. The maximum Gasteiger partial charge on any atom is 0.422 e. The lowest BCUT2D eigenvalue weighted by atomic mass is 9.90. The van der Waals surface area contributed by atoms with Gasteiger partial charge in [0, 0.05) is 13.1 Å². The fourth-order valence-corrected chi connectivity index (χ4v) is 3.91. The van der Waals surface area contributed by atoms with Crippen molar-refractivity contribution in [3.8, 4) is 0 Å². The number of aliphatic hydroxyl groups is 1. The van der Waals surface area contributed by atoms with E-state index < -0.39 is 42.2 Å². The summed E-state index contributed by atoms with van der Waals surface area (Å²) in [5.41, 5.74) is -2.61. The van der Waals surface area contributed by atoms with Gasteiger partial charge in [-0.3, -0.25) is 9.59 Å². The summed E-state index contributed by atoms with van der Waals surface area (Å²) in [5, 5.41) is 10.2. The summed E-state index contributed by atoms with van der Waals surface area (Å²) in [4.78, 5) is 26.0. The maximum atomic E-state index is 13.5. The van der Waals surface area contributed by atoms with E-state index in [9.17, 15) is 27.9 Å². The SMILES string of the molecule is O=C(C[C@](O)(c1ccccc1)C(F)(F)F)OCC(=O)N1CCC(Cc2ccccc2)CC1. The van der Waals surface area contributed by atoms with Gasteiger partial charge in [-0.25, -0.2) is 0 Å². The van der Waals surface area contributed by atoms with Gasteiger partial charge in [0.15, 0.2) is 12.2 Å². The number of likely N-dealkylation sites (tertiary alicyclic amines) is 1. The van der Waals surface area contributed by atoms with E-state index in [4.69, 9.17) is 4.74 Å². The molecule has 2 aromatic rings. The molecule has 32 heavy (non-hydrogen) atoms. The summed E-state index contributed by atoms with van der Waals surface area (Å²) in [7, 11) is 0. The van der Waals surface area contributed by atoms with Crippen LogP contribution in [-0.2, 0) is 26.3 Å². The number of benzene rings is 2. The van der Waals surface area contributed by atoms with Crippen LogP contribution in [0.2, 0.25) is 0 Å². The number of amides is 1. The molecule has 0 aromatic heterocycles. The molecule has 1 heterocycles. The van der Waals surface area contributed by atoms with Gasteiger partial charge in [0.1, 0.15) is 0 Å². The number of alkyl halides is 3. The first-order valence-corrected chi connectivity index (χ1v) is 10.5. The average Bonchev–Trinajstić information content (AvgIpc) is 2.78. The molecule has 1 atom stereocenters. The van der Waals surface area contributed by atoms with Gasteiger partial charge in [-0.1, -0.05) is 60.7 Å². The molecule has 8 heteroatoms. The number of hydrogen-bond donors (Lipinski definition) is 1. The zero-order valence-electron chi connectivity index (χ0n) is 17.6. The lowest BCUT2D eigenvalue weighted by molar-refractivity contribution is -0.269. The van der Waals surface area contributed by atoms with E-state index in [0.717, 1.165) is 31.4 Å². The van der Waals surface area contributed by atoms with Gasteiger partial charge >= 0.3 is 12.1 Å². The van der Waals surface area contributed by atoms with E-state index in [0.29, 0.717) is 19.0 Å². The lowest BCUT2D eigenvalue weighted by Gasteiger charge is -2.32. The molecule has 1 saturated heterocycles. The second-order valence-electron chi connectivity index (χ2n) is 8.08. The number of esters is 1. The molecule has 0 saturated carbocycles. The van der Waals surface area contributed by atoms with Crippen LogP contribution in [0.15, 0.2) is 60.7 Å². The largest absolute Gasteiger partial charge is 0.455 e. The van der Waals surface area contributed by atoms with Crippen LogP contribution in [0.4, 0.5) is 13.2 Å². The molecule has 2 aromatic carbocycles. The van der Waals surface area contributed by atoms with Crippen LogP contribution in [0.25, 0.3) is 0 Å². The predicted octanol–water partition coefficient (Wildman–Crippen LogP) is 3.85. The summed E-state index contributed by atoms with van der Waals surface area (Å²) in [5.74, 6) is -1.30. The summed E-state index contributed by atoms with van der Waals surface area (Å²) in [6.07, 6.45) is -3.88. The van der Waals surface area contributed by atoms with E-state index in [1.165, 1.54) is 23.8 Å². The van der Waals surface area contributed by atoms with Crippen LogP contribution >= 0.6 is 0 Å². The van der Waals surface area contributed by atoms with Crippen LogP contribution in [0.5, 0.6) is 0 Å². The highest BCUT2D eigenvalue weighted by molar-refractivity contribution is 5.81. The van der Waals surface area contributed by atoms with Gasteiger partial charge < -0.3 is 14.7 Å². The molecular formula is C24H26F3NO4. The van der Waals surface area contributed by atoms with Crippen molar-refractivity contribution in [3.05, 3.63) is 71.8 Å². The molecule has 1 aliphatic rings. The molecule has 1 fully saturated rings. The number of carbonyl (C=O) groups excluding carboxylic acids is 2. The van der Waals surface area contributed by atoms with E-state index >= 15 is 0 Å². The van der Waals surface area contributed by atoms with Crippen molar-refractivity contribution in [3.63, 3.8) is 0 Å². The standard InChI is InChI=1S/C24H26F3NO4/c25-24(26,27)23(31,20-9-5-2-6-10-20)16-22(30)32-17-21(29)28-13-11-19(12-14-28)15-18-7-3-1-4-8-18/h1-10,19,31H,11-17H2/t23-/m0/s1. The van der Waals surface area contributed by atoms with E-state index in [1.54, 1.807) is 4.90 Å². The first kappa shape index (κ1) is 23.8. The average molecular weight is 449 g/mol. The molecule has 5 nitrogen and oxygen atoms in total. The molecule has 1 aliphatic heterocycles. The van der Waals surface area contributed by atoms with Crippen LogP contribution in [-0.4, -0.2) is 47.8 Å². The molecule has 0 bridgehead atoms. The van der Waals surface area contributed by atoms with Crippen molar-refractivity contribution in [2.45, 2.75) is 37.5 Å². The van der Waals surface area contributed by atoms with Crippen molar-refractivity contribution in [2.24, 2.45) is 5.92 Å². The summed E-state index contributed by atoms with van der Waals surface area (Å²) in [6, 6.07) is 16.4. The topological polar surface area (TPSA) is 66.8 Å². The van der Waals surface area contributed by atoms with Crippen LogP contribution in [0.3, 0.4) is 0 Å². The molecule has 0 unspecified atom stereocenters. The third-order valence-corrected chi connectivity index (χ3v) is 5.81. The Morgan fingerprint density at radius 1 is 0.969 bits per heavy atom. The number of piperidine rings is 1. The Hall–Kier alpha value is -2.87. The van der Waals surface area contributed by atoms with Gasteiger partial charge in [-0.05, 0) is 36.3 Å². The Morgan fingerprint density at radius 3 is 2.09 bits per heavy atom. The molecule has 0 spiro atoms. The Balaban J connectivity index is 1.49. The first-order valence-electron chi connectivity index (χ1n) is 10.5. The normalized spacial score (nSPS) is 16.9. The lowest BCUT2D eigenvalue weighted by Crippen LogP contribution is -2.45. The zero-order chi connectivity index (χ0) is 23.2. The van der Waals surface area contributed by atoms with Gasteiger partial charge in [0.25, 0.3) is 5.91 Å². The Morgan fingerprint density at radius 2 is 1.53 bits per heavy atom. The van der Waals surface area contributed by atoms with Crippen molar-refractivity contribution in [2.75, 3.05) is 19.7 Å². The van der Waals surface area contributed by atoms with Crippen LogP contribution in [0, 0.1) is 5.92 Å². The minimum atomic E-state index is -5.09. The van der Waals surface area contributed by atoms with Crippen molar-refractivity contribution < 1.29 is 32.6 Å². The summed E-state index contributed by atoms with van der Waals surface area (Å²) >= 11 is 0. The Labute approximate surface area is 184 Å². The van der Waals surface area contributed by atoms with Crippen molar-refractivity contribution >= 4 is 11.9 Å². The monoisotopic (exact) mass is 449 g/mol. The molecule has 0 radical (unpaired) electrons. The molecule has 1 amide bonds. The van der Waals surface area contributed by atoms with Crippen molar-refractivity contribution in [1.29, 1.82) is 0 Å². The predicted molar refractivity (Wildman–Crippen MR) is 111 cm³/mol. The zero-order valence-corrected chi connectivity index (χ0v) is 17.6. The quantitative estimate of drug-likeness (QED) is 0.652. The number of carbonyl (C=O) groups is 2. The van der Waals surface area contributed by atoms with Gasteiger partial charge in [-0.2, -0.15) is 13.2 Å². The van der Waals surface area contributed by atoms with Crippen LogP contribution in [0.1, 0.15) is 30.4 Å². The number of rotatable bonds is 7. The second kappa shape index (κ2) is 10.2. The summed E-state index contributed by atoms with van der Waals surface area (Å²) < 4.78 is 45.3. The van der Waals surface area contributed by atoms with Gasteiger partial charge in [-0.15, -0.1) is 0 Å². The van der Waals surface area contributed by atoms with E-state index in [1.807, 2.05) is 18.2 Å². The van der Waals surface area contributed by atoms with Crippen LogP contribution < -0.4 is 0 Å². The number of ether oxygens (including phenoxy) is 1. The van der Waals surface area contributed by atoms with Gasteiger partial charge in [0.2, 0.25) is 0 Å². The molecule has 3 rings (SSSR count). The van der Waals surface area contributed by atoms with Gasteiger partial charge in [0.05, 0.1) is 6.42 Å². The number of hydrogen-bond acceptors (Lipinski definition) is 4. The Kier molecular flexibility index (Phi) is 7.56.